The van der Waals surface area contributed by atoms with Crippen LogP contribution in [0.5, 0.6) is 0 Å². The van der Waals surface area contributed by atoms with Gasteiger partial charge >= 0.3 is 6.80 Å². The quantitative estimate of drug-likeness (QED) is 0.104. The Kier molecular flexibility index (Phi) is 6.13. The third-order valence-corrected chi connectivity index (χ3v) is 8.93. The lowest BCUT2D eigenvalue weighted by molar-refractivity contribution is -0.0625. The number of alkyl halides is 2. The predicted molar refractivity (Wildman–Crippen MR) is 137 cm³/mol. The van der Waals surface area contributed by atoms with Gasteiger partial charge in [0.25, 0.3) is 11.1 Å². The summed E-state index contributed by atoms with van der Waals surface area (Å²) in [5.74, 6) is -0.276. The maximum atomic E-state index is 15.5. The highest BCUT2D eigenvalue weighted by Gasteiger charge is 2.80. The van der Waals surface area contributed by atoms with E-state index in [0.29, 0.717) is 0 Å². The highest BCUT2D eigenvalue weighted by atomic mass is 32.7. The summed E-state index contributed by atoms with van der Waals surface area (Å²) in [7, 11) is 0. The number of aromatic amines is 2. The molecule has 2 unspecified atom stereocenters. The van der Waals surface area contributed by atoms with Crippen LogP contribution in [0.1, 0.15) is 12.5 Å². The molecule has 0 amide bonds. The summed E-state index contributed by atoms with van der Waals surface area (Å²) in [5, 5.41) is 20.6. The Bertz CT molecular complexity index is 1890. The normalized spacial score (nSPS) is 35.5. The third kappa shape index (κ3) is 3.96. The standard InChI is InChI=1S/C20H20F2N9O9PS/c21-6-5(1-32)37-17(31-4-27-8-14(31)28-19(23)29-16(8)34)9(6)39-41(36,42)40-12-11-20(12,35)10(22)18(38-11)30-3-26-7-13(30)24-2-25-15(7)33/h2-6,9-12,17-18,32,35H,1H2,(H,36,42)(H,24,25,33)(H3,23,28,29,34)/t5-,6-,9?,10-,11-,12?,17-,18-,20+,41+/m1/s1. The second kappa shape index (κ2) is 9.35. The average molecular weight is 631 g/mol. The van der Waals surface area contributed by atoms with Gasteiger partial charge in [0.05, 0.1) is 25.6 Å². The molecule has 4 aromatic heterocycles. The molecule has 3 fully saturated rings. The van der Waals surface area contributed by atoms with Crippen molar-refractivity contribution in [3.05, 3.63) is 39.7 Å². The lowest BCUT2D eigenvalue weighted by Gasteiger charge is -2.26. The first-order chi connectivity index (χ1) is 19.9. The first-order valence-electron chi connectivity index (χ1n) is 12.2. The first kappa shape index (κ1) is 27.5. The van der Waals surface area contributed by atoms with Crippen LogP contribution in [0.3, 0.4) is 0 Å². The number of nitrogen functional groups attached to an aromatic ring is 1. The number of anilines is 1. The number of aliphatic hydroxyl groups excluding tert-OH is 1. The van der Waals surface area contributed by atoms with Crippen molar-refractivity contribution in [3.63, 3.8) is 0 Å². The molecule has 1 aliphatic carbocycles. The molecule has 3 aliphatic rings. The van der Waals surface area contributed by atoms with Crippen molar-refractivity contribution < 1.29 is 42.1 Å². The van der Waals surface area contributed by atoms with Gasteiger partial charge in [-0.15, -0.1) is 0 Å². The minimum atomic E-state index is -4.61. The van der Waals surface area contributed by atoms with E-state index in [0.717, 1.165) is 28.1 Å². The van der Waals surface area contributed by atoms with E-state index in [1.54, 1.807) is 0 Å². The van der Waals surface area contributed by atoms with E-state index in [4.69, 9.17) is 24.3 Å². The topological polar surface area (TPSA) is 248 Å². The maximum absolute atomic E-state index is 15.5. The molecule has 18 nitrogen and oxygen atoms in total. The number of nitrogens with zero attached hydrogens (tertiary/aromatic N) is 6. The smallest absolute Gasteiger partial charge is 0.387 e. The minimum absolute atomic E-state index is 0.00179. The Morgan fingerprint density at radius 1 is 1.10 bits per heavy atom. The summed E-state index contributed by atoms with van der Waals surface area (Å²) in [6, 6.07) is 0. The molecule has 0 spiro atoms. The highest BCUT2D eigenvalue weighted by Crippen LogP contribution is 2.66. The second-order valence-electron chi connectivity index (χ2n) is 9.82. The van der Waals surface area contributed by atoms with Crippen LogP contribution in [0.2, 0.25) is 0 Å². The molecule has 0 bridgehead atoms. The number of halogens is 2. The summed E-state index contributed by atoms with van der Waals surface area (Å²) in [6.07, 6.45) is -10.0. The molecule has 4 aromatic rings. The Morgan fingerprint density at radius 3 is 2.45 bits per heavy atom. The minimum Gasteiger partial charge on any atom is -0.394 e. The number of aliphatic hydroxyl groups is 2. The van der Waals surface area contributed by atoms with E-state index in [1.165, 1.54) is 0 Å². The number of hydrogen-bond donors (Lipinski definition) is 6. The Labute approximate surface area is 235 Å². The molecule has 6 N–H and O–H groups in total. The molecule has 6 heterocycles. The molecular weight excluding hydrogens is 611 g/mol. The van der Waals surface area contributed by atoms with Gasteiger partial charge in [-0.25, -0.2) is 28.3 Å². The molecule has 0 aromatic carbocycles. The fourth-order valence-electron chi connectivity index (χ4n) is 5.30. The molecule has 1 saturated carbocycles. The zero-order valence-electron chi connectivity index (χ0n) is 20.7. The van der Waals surface area contributed by atoms with Crippen molar-refractivity contribution in [1.82, 2.24) is 39.0 Å². The van der Waals surface area contributed by atoms with Gasteiger partial charge in [-0.1, -0.05) is 12.2 Å². The lowest BCUT2D eigenvalue weighted by atomic mass is 10.1. The van der Waals surface area contributed by atoms with E-state index >= 15 is 8.78 Å². The number of ether oxygens (including phenoxy) is 2. The molecule has 22 heteroatoms. The lowest BCUT2D eigenvalue weighted by Crippen LogP contribution is -2.34. The molecular formula is C20H20F2N9O9PS. The highest BCUT2D eigenvalue weighted by molar-refractivity contribution is 8.44. The van der Waals surface area contributed by atoms with Crippen molar-refractivity contribution in [2.75, 3.05) is 12.3 Å². The summed E-state index contributed by atoms with van der Waals surface area (Å²) >= 11 is 3.90. The van der Waals surface area contributed by atoms with Gasteiger partial charge < -0.3 is 30.4 Å². The van der Waals surface area contributed by atoms with Gasteiger partial charge in [-0.3, -0.25) is 32.8 Å². The summed E-state index contributed by atoms with van der Waals surface area (Å²) in [6.45, 7) is -5.42. The van der Waals surface area contributed by atoms with Crippen LogP contribution >= 0.6 is 19.0 Å². The van der Waals surface area contributed by atoms with Crippen LogP contribution in [0.15, 0.2) is 28.6 Å². The third-order valence-electron chi connectivity index (χ3n) is 7.37. The van der Waals surface area contributed by atoms with E-state index in [-0.39, 0.29) is 28.3 Å². The monoisotopic (exact) mass is 631 g/mol. The Morgan fingerprint density at radius 2 is 1.79 bits per heavy atom. The number of thiol groups is 1. The number of imidazole rings is 2. The van der Waals surface area contributed by atoms with Gasteiger partial charge in [-0.05, 0) is 0 Å². The van der Waals surface area contributed by atoms with Crippen LogP contribution in [0.4, 0.5) is 14.7 Å². The van der Waals surface area contributed by atoms with Crippen molar-refractivity contribution in [1.29, 1.82) is 0 Å². The zero-order chi connectivity index (χ0) is 29.7. The molecule has 2 aliphatic heterocycles. The fourth-order valence-corrected chi connectivity index (χ4v) is 7.07. The summed E-state index contributed by atoms with van der Waals surface area (Å²) in [5.41, 5.74) is 1.69. The SMILES string of the molecule is Nc1nc2c(ncn2[C@@H]2O[C@H](CO)[C@@H](F)C2O[P@](=O)(S)OC2[C@H]3O[C@@H](n4cnc5c(=O)[nH]cnc54)[C@@H](F)[C@@]23O)c(=O)[nH]1. The number of hydrogen-bond acceptors (Lipinski definition) is 14. The van der Waals surface area contributed by atoms with Crippen LogP contribution < -0.4 is 16.9 Å². The van der Waals surface area contributed by atoms with E-state index in [1.807, 2.05) is 0 Å². The molecule has 0 radical (unpaired) electrons. The second-order valence-corrected chi connectivity index (χ2v) is 12.7. The fraction of sp³-hybridized carbons (Fsp3) is 0.500. The molecule has 224 valence electrons. The Balaban J connectivity index is 1.11. The number of nitrogens with two attached hydrogens (primary N) is 1. The Hall–Kier alpha value is -3.30. The molecule has 7 rings (SSSR count). The largest absolute Gasteiger partial charge is 0.394 e. The summed E-state index contributed by atoms with van der Waals surface area (Å²) in [4.78, 5) is 44.4. The van der Waals surface area contributed by atoms with Crippen molar-refractivity contribution in [3.8, 4) is 0 Å². The van der Waals surface area contributed by atoms with Crippen molar-refractivity contribution in [2.45, 2.75) is 54.8 Å². The number of fused-ring (bicyclic) bond motifs is 3. The zero-order valence-corrected chi connectivity index (χ0v) is 22.5. The summed E-state index contributed by atoms with van der Waals surface area (Å²) < 4.78 is 68.2. The van der Waals surface area contributed by atoms with Crippen LogP contribution in [-0.4, -0.2) is 98.2 Å². The molecule has 2 saturated heterocycles. The predicted octanol–water partition coefficient (Wildman–Crippen LogP) is -1.15. The van der Waals surface area contributed by atoms with E-state index in [2.05, 4.69) is 42.2 Å². The molecule has 10 atom stereocenters. The van der Waals surface area contributed by atoms with Gasteiger partial charge in [0.2, 0.25) is 5.95 Å². The van der Waals surface area contributed by atoms with E-state index in [9.17, 15) is 24.4 Å². The average Bonchev–Trinajstić information content (AvgIpc) is 3.45. The van der Waals surface area contributed by atoms with Crippen LogP contribution in [-0.2, 0) is 23.1 Å². The van der Waals surface area contributed by atoms with Gasteiger partial charge in [0.15, 0.2) is 52.7 Å². The number of nitrogens with one attached hydrogen (secondary N) is 2. The number of H-pyrrole nitrogens is 2. The maximum Gasteiger partial charge on any atom is 0.387 e. The van der Waals surface area contributed by atoms with Crippen LogP contribution in [0, 0.1) is 0 Å². The number of aromatic nitrogens is 8. The van der Waals surface area contributed by atoms with Gasteiger partial charge in [0.1, 0.15) is 24.4 Å². The van der Waals surface area contributed by atoms with Gasteiger partial charge in [0, 0.05) is 0 Å². The van der Waals surface area contributed by atoms with Crippen LogP contribution in [0.25, 0.3) is 22.3 Å². The first-order valence-corrected chi connectivity index (χ1v) is 14.9. The van der Waals surface area contributed by atoms with Gasteiger partial charge in [-0.2, -0.15) is 4.98 Å². The van der Waals surface area contributed by atoms with Crippen molar-refractivity contribution in [2.24, 2.45) is 0 Å². The number of rotatable bonds is 7. The molecule has 42 heavy (non-hydrogen) atoms. The van der Waals surface area contributed by atoms with E-state index < -0.39 is 79.3 Å². The van der Waals surface area contributed by atoms with Crippen molar-refractivity contribution >= 4 is 47.3 Å².